The summed E-state index contributed by atoms with van der Waals surface area (Å²) in [6, 6.07) is 8.66. The van der Waals surface area contributed by atoms with E-state index in [9.17, 15) is 9.59 Å². The number of esters is 1. The molecule has 3 rings (SSSR count). The summed E-state index contributed by atoms with van der Waals surface area (Å²) in [5.41, 5.74) is 1.58. The minimum atomic E-state index is -0.554. The number of carbonyl (C=O) groups is 2. The van der Waals surface area contributed by atoms with Gasteiger partial charge in [0, 0.05) is 36.1 Å². The van der Waals surface area contributed by atoms with Crippen LogP contribution in [-0.4, -0.2) is 40.9 Å². The Labute approximate surface area is 212 Å². The summed E-state index contributed by atoms with van der Waals surface area (Å²) in [7, 11) is 1.59. The third-order valence-electron chi connectivity index (χ3n) is 5.34. The van der Waals surface area contributed by atoms with Crippen molar-refractivity contribution in [3.63, 3.8) is 0 Å². The van der Waals surface area contributed by atoms with E-state index in [2.05, 4.69) is 22.5 Å². The predicted octanol–water partition coefficient (Wildman–Crippen LogP) is 5.28. The van der Waals surface area contributed by atoms with Gasteiger partial charge >= 0.3 is 12.0 Å². The maximum atomic E-state index is 12.6. The lowest BCUT2D eigenvalue weighted by atomic mass is 10.2. The first kappa shape index (κ1) is 26.8. The topological polar surface area (TPSA) is 104 Å². The van der Waals surface area contributed by atoms with Crippen LogP contribution >= 0.6 is 0 Å². The van der Waals surface area contributed by atoms with Crippen molar-refractivity contribution in [2.24, 2.45) is 0 Å². The van der Waals surface area contributed by atoms with E-state index in [1.807, 2.05) is 32.9 Å². The van der Waals surface area contributed by atoms with Gasteiger partial charge in [-0.05, 0) is 57.0 Å². The van der Waals surface area contributed by atoms with E-state index < -0.39 is 5.60 Å². The number of methoxy groups -OCH3 is 1. The number of anilines is 1. The molecule has 0 fully saturated rings. The zero-order chi connectivity index (χ0) is 26.1. The molecule has 0 aliphatic rings. The van der Waals surface area contributed by atoms with Gasteiger partial charge in [-0.3, -0.25) is 4.79 Å². The highest BCUT2D eigenvalue weighted by atomic mass is 16.6. The molecular formula is C27H36N4O5. The molecule has 0 saturated heterocycles. The largest absolute Gasteiger partial charge is 0.493 e. The Balaban J connectivity index is 1.62. The first-order chi connectivity index (χ1) is 17.2. The number of carbonyl (C=O) groups excluding carboxylic acids is 2. The lowest BCUT2D eigenvalue weighted by Gasteiger charge is -2.19. The fourth-order valence-electron chi connectivity index (χ4n) is 3.69. The normalized spacial score (nSPS) is 11.2. The summed E-state index contributed by atoms with van der Waals surface area (Å²) in [5, 5.41) is 6.57. The molecular weight excluding hydrogens is 460 g/mol. The first-order valence-electron chi connectivity index (χ1n) is 12.2. The predicted molar refractivity (Wildman–Crippen MR) is 139 cm³/mol. The lowest BCUT2D eigenvalue weighted by molar-refractivity contribution is -0.155. The van der Waals surface area contributed by atoms with E-state index in [0.29, 0.717) is 29.4 Å². The first-order valence-corrected chi connectivity index (χ1v) is 12.2. The van der Waals surface area contributed by atoms with E-state index in [1.165, 1.54) is 0 Å². The van der Waals surface area contributed by atoms with Crippen LogP contribution in [0, 0.1) is 0 Å². The molecule has 2 heterocycles. The molecule has 3 aromatic rings. The maximum Gasteiger partial charge on any atom is 0.326 e. The number of aromatic nitrogens is 2. The van der Waals surface area contributed by atoms with Gasteiger partial charge in [-0.25, -0.2) is 9.78 Å². The summed E-state index contributed by atoms with van der Waals surface area (Å²) in [5.74, 6) is 0.874. The number of urea groups is 1. The summed E-state index contributed by atoms with van der Waals surface area (Å²) >= 11 is 0. The zero-order valence-corrected chi connectivity index (χ0v) is 21.7. The molecule has 2 amide bonds. The second kappa shape index (κ2) is 12.3. The average Bonchev–Trinajstić information content (AvgIpc) is 3.22. The number of fused-ring (bicyclic) bond motifs is 1. The van der Waals surface area contributed by atoms with E-state index in [1.54, 1.807) is 42.3 Å². The Morgan fingerprint density at radius 1 is 1.08 bits per heavy atom. The maximum absolute atomic E-state index is 12.6. The van der Waals surface area contributed by atoms with E-state index >= 15 is 0 Å². The molecule has 9 nitrogen and oxygen atoms in total. The van der Waals surface area contributed by atoms with Gasteiger partial charge in [0.25, 0.3) is 0 Å². The van der Waals surface area contributed by atoms with Crippen LogP contribution in [0.4, 0.5) is 10.5 Å². The number of unbranched alkanes of at least 4 members (excludes halogenated alkanes) is 2. The second-order valence-corrected chi connectivity index (χ2v) is 9.47. The highest BCUT2D eigenvalue weighted by Gasteiger charge is 2.18. The molecule has 1 aromatic carbocycles. The number of nitrogens with one attached hydrogen (secondary N) is 2. The number of amides is 2. The summed E-state index contributed by atoms with van der Waals surface area (Å²) in [4.78, 5) is 29.2. The van der Waals surface area contributed by atoms with E-state index in [0.717, 1.165) is 30.2 Å². The van der Waals surface area contributed by atoms with Crippen molar-refractivity contribution >= 4 is 28.7 Å². The lowest BCUT2D eigenvalue weighted by Crippen LogP contribution is -2.28. The molecule has 0 bridgehead atoms. The fourth-order valence-corrected chi connectivity index (χ4v) is 3.69. The Bertz CT molecular complexity index is 1180. The number of rotatable bonds is 11. The Kier molecular flexibility index (Phi) is 9.16. The third kappa shape index (κ3) is 7.63. The molecule has 9 heteroatoms. The molecule has 0 atom stereocenters. The van der Waals surface area contributed by atoms with Gasteiger partial charge in [0.05, 0.1) is 13.7 Å². The molecule has 194 valence electrons. The molecule has 0 saturated carbocycles. The van der Waals surface area contributed by atoms with Crippen LogP contribution < -0.4 is 20.1 Å². The van der Waals surface area contributed by atoms with Crippen molar-refractivity contribution in [2.75, 3.05) is 19.0 Å². The number of pyridine rings is 1. The van der Waals surface area contributed by atoms with E-state index in [-0.39, 0.29) is 25.1 Å². The molecule has 0 spiro atoms. The molecule has 0 aliphatic carbocycles. The Morgan fingerprint density at radius 3 is 2.61 bits per heavy atom. The number of ether oxygens (including phenoxy) is 3. The van der Waals surface area contributed by atoms with Crippen molar-refractivity contribution in [1.29, 1.82) is 0 Å². The summed E-state index contributed by atoms with van der Waals surface area (Å²) in [6.07, 6.45) is 6.62. The number of benzene rings is 1. The van der Waals surface area contributed by atoms with Crippen LogP contribution in [0.3, 0.4) is 0 Å². The van der Waals surface area contributed by atoms with Crippen molar-refractivity contribution < 1.29 is 23.8 Å². The molecule has 0 unspecified atom stereocenters. The molecule has 0 radical (unpaired) electrons. The van der Waals surface area contributed by atoms with Crippen molar-refractivity contribution in [3.8, 4) is 11.5 Å². The highest BCUT2D eigenvalue weighted by Crippen LogP contribution is 2.30. The van der Waals surface area contributed by atoms with Crippen LogP contribution in [0.25, 0.3) is 11.0 Å². The number of hydrogen-bond acceptors (Lipinski definition) is 6. The van der Waals surface area contributed by atoms with Gasteiger partial charge in [-0.1, -0.05) is 19.8 Å². The summed E-state index contributed by atoms with van der Waals surface area (Å²) in [6.45, 7) is 8.58. The minimum Gasteiger partial charge on any atom is -0.493 e. The van der Waals surface area contributed by atoms with Gasteiger partial charge < -0.3 is 29.4 Å². The standard InChI is InChI=1S/C27H36N4O5/c1-6-7-8-15-35-23-16-20(9-10-22(23)34-5)30-26(33)29-17-19-11-13-28-25-21(19)12-14-31(25)18-24(32)36-27(2,3)4/h9-14,16H,6-8,15,17-18H2,1-5H3,(H2,29,30,33). The highest BCUT2D eigenvalue weighted by molar-refractivity contribution is 5.90. The number of hydrogen-bond donors (Lipinski definition) is 2. The van der Waals surface area contributed by atoms with Gasteiger partial charge in [0.1, 0.15) is 17.8 Å². The van der Waals surface area contributed by atoms with Crippen LogP contribution in [0.2, 0.25) is 0 Å². The second-order valence-electron chi connectivity index (χ2n) is 9.47. The van der Waals surface area contributed by atoms with Gasteiger partial charge in [-0.2, -0.15) is 0 Å². The molecule has 0 aliphatic heterocycles. The molecule has 2 aromatic heterocycles. The average molecular weight is 497 g/mol. The molecule has 2 N–H and O–H groups in total. The number of nitrogens with zero attached hydrogens (tertiary/aromatic N) is 2. The minimum absolute atomic E-state index is 0.0610. The van der Waals surface area contributed by atoms with Crippen molar-refractivity contribution in [1.82, 2.24) is 14.9 Å². The third-order valence-corrected chi connectivity index (χ3v) is 5.34. The van der Waals surface area contributed by atoms with Gasteiger partial charge in [0.2, 0.25) is 0 Å². The van der Waals surface area contributed by atoms with Gasteiger partial charge in [-0.15, -0.1) is 0 Å². The quantitative estimate of drug-likeness (QED) is 0.277. The monoisotopic (exact) mass is 496 g/mol. The zero-order valence-electron chi connectivity index (χ0n) is 21.7. The SMILES string of the molecule is CCCCCOc1cc(NC(=O)NCc2ccnc3c2ccn3CC(=O)OC(C)(C)C)ccc1OC. The van der Waals surface area contributed by atoms with Gasteiger partial charge in [0.15, 0.2) is 11.5 Å². The van der Waals surface area contributed by atoms with Crippen molar-refractivity contribution in [3.05, 3.63) is 48.3 Å². The molecule has 36 heavy (non-hydrogen) atoms. The van der Waals surface area contributed by atoms with Crippen LogP contribution in [0.1, 0.15) is 52.5 Å². The Hall–Kier alpha value is -3.75. The van der Waals surface area contributed by atoms with E-state index in [4.69, 9.17) is 14.2 Å². The Morgan fingerprint density at radius 2 is 1.89 bits per heavy atom. The van der Waals surface area contributed by atoms with Crippen LogP contribution in [0.15, 0.2) is 42.7 Å². The van der Waals surface area contributed by atoms with Crippen LogP contribution in [0.5, 0.6) is 11.5 Å². The van der Waals surface area contributed by atoms with Crippen LogP contribution in [-0.2, 0) is 22.6 Å². The summed E-state index contributed by atoms with van der Waals surface area (Å²) < 4.78 is 18.4. The fraction of sp³-hybridized carbons (Fsp3) is 0.444. The van der Waals surface area contributed by atoms with Crippen molar-refractivity contribution in [2.45, 2.75) is 65.6 Å². The smallest absolute Gasteiger partial charge is 0.326 e.